The first-order valence-electron chi connectivity index (χ1n) is 9.38. The molecule has 3 nitrogen and oxygen atoms in total. The van der Waals surface area contributed by atoms with Gasteiger partial charge in [-0.05, 0) is 56.2 Å². The Kier molecular flexibility index (Phi) is 5.71. The van der Waals surface area contributed by atoms with E-state index in [0.29, 0.717) is 12.3 Å². The summed E-state index contributed by atoms with van der Waals surface area (Å²) in [6.07, 6.45) is 7.97. The van der Waals surface area contributed by atoms with Gasteiger partial charge in [0, 0.05) is 31.7 Å². The van der Waals surface area contributed by atoms with Crippen LogP contribution in [0.2, 0.25) is 0 Å². The zero-order chi connectivity index (χ0) is 16.1. The van der Waals surface area contributed by atoms with Crippen molar-refractivity contribution in [3.8, 4) is 0 Å². The van der Waals surface area contributed by atoms with E-state index in [0.717, 1.165) is 44.0 Å². The highest BCUT2D eigenvalue weighted by Crippen LogP contribution is 2.26. The number of hydrogen-bond donors (Lipinski definition) is 0. The molecule has 1 amide bonds. The number of carbonyl (C=O) groups excluding carboxylic acids is 1. The van der Waals surface area contributed by atoms with Crippen molar-refractivity contribution in [3.05, 3.63) is 29.8 Å². The molecular formula is C20H30N2O. The van der Waals surface area contributed by atoms with Gasteiger partial charge in [0.2, 0.25) is 5.91 Å². The number of piperidine rings is 1. The quantitative estimate of drug-likeness (QED) is 0.796. The topological polar surface area (TPSA) is 23.6 Å². The number of nitrogens with zero attached hydrogens (tertiary/aromatic N) is 2. The van der Waals surface area contributed by atoms with Crippen molar-refractivity contribution < 1.29 is 4.79 Å². The van der Waals surface area contributed by atoms with Crippen molar-refractivity contribution in [2.24, 2.45) is 5.92 Å². The van der Waals surface area contributed by atoms with E-state index in [9.17, 15) is 4.79 Å². The van der Waals surface area contributed by atoms with E-state index < -0.39 is 0 Å². The largest absolute Gasteiger partial charge is 0.312 e. The molecule has 2 heterocycles. The average Bonchev–Trinajstić information content (AvgIpc) is 3.02. The van der Waals surface area contributed by atoms with Crippen LogP contribution in [0, 0.1) is 5.92 Å². The zero-order valence-electron chi connectivity index (χ0n) is 14.5. The summed E-state index contributed by atoms with van der Waals surface area (Å²) in [4.78, 5) is 16.9. The smallest absolute Gasteiger partial charge is 0.226 e. The lowest BCUT2D eigenvalue weighted by Crippen LogP contribution is -2.36. The second kappa shape index (κ2) is 7.96. The van der Waals surface area contributed by atoms with Crippen LogP contribution in [0.1, 0.15) is 51.0 Å². The number of anilines is 1. The van der Waals surface area contributed by atoms with Crippen molar-refractivity contribution in [2.45, 2.75) is 51.9 Å². The number of amides is 1. The van der Waals surface area contributed by atoms with E-state index in [2.05, 4.69) is 36.1 Å². The Morgan fingerprint density at radius 1 is 1.17 bits per heavy atom. The molecule has 3 rings (SSSR count). The Hall–Kier alpha value is -1.35. The van der Waals surface area contributed by atoms with Crippen LogP contribution in [0.3, 0.4) is 0 Å². The van der Waals surface area contributed by atoms with Gasteiger partial charge in [-0.15, -0.1) is 0 Å². The van der Waals surface area contributed by atoms with E-state index in [1.165, 1.54) is 37.9 Å². The molecule has 3 heteroatoms. The van der Waals surface area contributed by atoms with Gasteiger partial charge >= 0.3 is 0 Å². The predicted octanol–water partition coefficient (Wildman–Crippen LogP) is 3.87. The molecule has 2 fully saturated rings. The summed E-state index contributed by atoms with van der Waals surface area (Å²) >= 11 is 0. The number of benzene rings is 1. The predicted molar refractivity (Wildman–Crippen MR) is 95.8 cm³/mol. The lowest BCUT2D eigenvalue weighted by atomic mass is 10.0. The Morgan fingerprint density at radius 2 is 2.04 bits per heavy atom. The maximum absolute atomic E-state index is 12.2. The molecule has 0 radical (unpaired) electrons. The monoisotopic (exact) mass is 314 g/mol. The van der Waals surface area contributed by atoms with Crippen molar-refractivity contribution in [1.82, 2.24) is 4.90 Å². The lowest BCUT2D eigenvalue weighted by molar-refractivity contribution is -0.119. The van der Waals surface area contributed by atoms with Crippen LogP contribution in [0.15, 0.2) is 24.3 Å². The Labute approximate surface area is 140 Å². The second-order valence-electron chi connectivity index (χ2n) is 7.13. The molecule has 126 valence electrons. The third kappa shape index (κ3) is 4.14. The van der Waals surface area contributed by atoms with Crippen LogP contribution in [0.4, 0.5) is 5.69 Å². The summed E-state index contributed by atoms with van der Waals surface area (Å²) in [7, 11) is 0. The minimum atomic E-state index is 0.299. The van der Waals surface area contributed by atoms with Gasteiger partial charge in [0.15, 0.2) is 0 Å². The Morgan fingerprint density at radius 3 is 2.87 bits per heavy atom. The van der Waals surface area contributed by atoms with Gasteiger partial charge in [-0.1, -0.05) is 31.5 Å². The van der Waals surface area contributed by atoms with Gasteiger partial charge in [-0.25, -0.2) is 0 Å². The summed E-state index contributed by atoms with van der Waals surface area (Å²) in [5.41, 5.74) is 2.49. The first-order valence-corrected chi connectivity index (χ1v) is 9.38. The summed E-state index contributed by atoms with van der Waals surface area (Å²) in [5, 5.41) is 0. The average molecular weight is 314 g/mol. The molecular weight excluding hydrogens is 284 g/mol. The first kappa shape index (κ1) is 16.5. The zero-order valence-corrected chi connectivity index (χ0v) is 14.5. The van der Waals surface area contributed by atoms with Crippen LogP contribution in [-0.2, 0) is 11.2 Å². The number of hydrogen-bond acceptors (Lipinski definition) is 2. The van der Waals surface area contributed by atoms with E-state index >= 15 is 0 Å². The SMILES string of the molecule is CCCC1CCN(CCc2ccccc2N2CCCCC2=O)C1. The lowest BCUT2D eigenvalue weighted by Gasteiger charge is -2.29. The molecule has 0 bridgehead atoms. The minimum absolute atomic E-state index is 0.299. The highest BCUT2D eigenvalue weighted by Gasteiger charge is 2.23. The van der Waals surface area contributed by atoms with Crippen LogP contribution in [0.5, 0.6) is 0 Å². The molecule has 0 aromatic heterocycles. The molecule has 1 atom stereocenters. The summed E-state index contributed by atoms with van der Waals surface area (Å²) < 4.78 is 0. The molecule has 2 aliphatic heterocycles. The highest BCUT2D eigenvalue weighted by molar-refractivity contribution is 5.94. The molecule has 1 aromatic rings. The standard InChI is InChI=1S/C20H30N2O/c1-2-7-17-11-14-21(16-17)15-12-18-8-3-4-9-19(18)22-13-6-5-10-20(22)23/h3-4,8-9,17H,2,5-7,10-16H2,1H3. The second-order valence-corrected chi connectivity index (χ2v) is 7.13. The first-order chi connectivity index (χ1) is 11.3. The maximum atomic E-state index is 12.2. The van der Waals surface area contributed by atoms with E-state index in [1.807, 2.05) is 4.90 Å². The third-order valence-corrected chi connectivity index (χ3v) is 5.37. The fourth-order valence-corrected chi connectivity index (χ4v) is 4.08. The number of carbonyl (C=O) groups is 1. The van der Waals surface area contributed by atoms with Crippen LogP contribution in [-0.4, -0.2) is 37.0 Å². The Balaban J connectivity index is 1.61. The molecule has 0 saturated carbocycles. The van der Waals surface area contributed by atoms with Gasteiger partial charge in [0.25, 0.3) is 0 Å². The van der Waals surface area contributed by atoms with Crippen molar-refractivity contribution >= 4 is 11.6 Å². The molecule has 0 aliphatic carbocycles. The molecule has 0 spiro atoms. The van der Waals surface area contributed by atoms with E-state index in [1.54, 1.807) is 0 Å². The van der Waals surface area contributed by atoms with Crippen molar-refractivity contribution in [3.63, 3.8) is 0 Å². The van der Waals surface area contributed by atoms with E-state index in [4.69, 9.17) is 0 Å². The molecule has 1 aromatic carbocycles. The summed E-state index contributed by atoms with van der Waals surface area (Å²) in [6, 6.07) is 8.50. The number of likely N-dealkylation sites (tertiary alicyclic amines) is 1. The van der Waals surface area contributed by atoms with E-state index in [-0.39, 0.29) is 0 Å². The van der Waals surface area contributed by atoms with Crippen molar-refractivity contribution in [2.75, 3.05) is 31.1 Å². The van der Waals surface area contributed by atoms with Gasteiger partial charge in [0.05, 0.1) is 0 Å². The molecule has 2 aliphatic rings. The molecule has 2 saturated heterocycles. The number of para-hydroxylation sites is 1. The van der Waals surface area contributed by atoms with Gasteiger partial charge in [-0.3, -0.25) is 4.79 Å². The van der Waals surface area contributed by atoms with Gasteiger partial charge in [0.1, 0.15) is 0 Å². The highest BCUT2D eigenvalue weighted by atomic mass is 16.2. The summed E-state index contributed by atoms with van der Waals surface area (Å²) in [5.74, 6) is 1.20. The molecule has 23 heavy (non-hydrogen) atoms. The van der Waals surface area contributed by atoms with Crippen LogP contribution >= 0.6 is 0 Å². The van der Waals surface area contributed by atoms with Gasteiger partial charge in [-0.2, -0.15) is 0 Å². The minimum Gasteiger partial charge on any atom is -0.312 e. The summed E-state index contributed by atoms with van der Waals surface area (Å²) in [6.45, 7) is 6.81. The van der Waals surface area contributed by atoms with Crippen LogP contribution < -0.4 is 4.90 Å². The number of rotatable bonds is 6. The van der Waals surface area contributed by atoms with Crippen LogP contribution in [0.25, 0.3) is 0 Å². The normalized spacial score (nSPS) is 22.7. The fourth-order valence-electron chi connectivity index (χ4n) is 4.08. The third-order valence-electron chi connectivity index (χ3n) is 5.37. The van der Waals surface area contributed by atoms with Gasteiger partial charge < -0.3 is 9.80 Å². The maximum Gasteiger partial charge on any atom is 0.226 e. The fraction of sp³-hybridized carbons (Fsp3) is 0.650. The Bertz CT molecular complexity index is 528. The molecule has 0 N–H and O–H groups in total. The van der Waals surface area contributed by atoms with Crippen molar-refractivity contribution in [1.29, 1.82) is 0 Å². The molecule has 1 unspecified atom stereocenters.